The van der Waals surface area contributed by atoms with Crippen LogP contribution in [0, 0.1) is 0 Å². The van der Waals surface area contributed by atoms with E-state index in [1.807, 2.05) is 5.38 Å². The number of nitrogens with two attached hydrogens (primary N) is 1. The zero-order valence-corrected chi connectivity index (χ0v) is 10.1. The van der Waals surface area contributed by atoms with Gasteiger partial charge in [0.25, 0.3) is 5.91 Å². The molecule has 0 saturated carbocycles. The van der Waals surface area contributed by atoms with Crippen molar-refractivity contribution in [1.29, 1.82) is 0 Å². The third-order valence-electron chi connectivity index (χ3n) is 2.81. The van der Waals surface area contributed by atoms with Crippen molar-refractivity contribution in [2.75, 3.05) is 31.9 Å². The number of likely N-dealkylation sites (tertiary alicyclic amines) is 1. The number of hydrogen-bond donors (Lipinski definition) is 2. The minimum absolute atomic E-state index is 0.0494. The molecular weight excluding hydrogens is 222 g/mol. The molecular formula is C11H17N3OS. The molecule has 1 aliphatic heterocycles. The molecule has 5 heteroatoms. The molecule has 0 aromatic carbocycles. The predicted molar refractivity (Wildman–Crippen MR) is 66.7 cm³/mol. The van der Waals surface area contributed by atoms with Gasteiger partial charge in [-0.3, -0.25) is 4.79 Å². The molecule has 2 heterocycles. The first kappa shape index (κ1) is 11.4. The van der Waals surface area contributed by atoms with Gasteiger partial charge in [-0.25, -0.2) is 0 Å². The highest BCUT2D eigenvalue weighted by atomic mass is 32.1. The molecule has 4 nitrogen and oxygen atoms in total. The van der Waals surface area contributed by atoms with Crippen molar-refractivity contribution in [3.8, 4) is 0 Å². The van der Waals surface area contributed by atoms with Crippen LogP contribution >= 0.6 is 11.3 Å². The molecule has 1 aliphatic rings. The number of carbonyl (C=O) groups excluding carboxylic acids is 1. The molecule has 3 N–H and O–H groups in total. The lowest BCUT2D eigenvalue weighted by Gasteiger charge is -2.14. The topological polar surface area (TPSA) is 58.4 Å². The second-order valence-corrected chi connectivity index (χ2v) is 4.93. The zero-order valence-electron chi connectivity index (χ0n) is 9.24. The number of rotatable bonds is 4. The molecule has 0 atom stereocenters. The second kappa shape index (κ2) is 5.32. The molecule has 16 heavy (non-hydrogen) atoms. The van der Waals surface area contributed by atoms with Gasteiger partial charge in [0, 0.05) is 13.1 Å². The summed E-state index contributed by atoms with van der Waals surface area (Å²) in [4.78, 5) is 14.7. The molecule has 1 fully saturated rings. The zero-order chi connectivity index (χ0) is 11.4. The van der Waals surface area contributed by atoms with E-state index in [-0.39, 0.29) is 5.91 Å². The summed E-state index contributed by atoms with van der Waals surface area (Å²) in [6.45, 7) is 3.97. The second-order valence-electron chi connectivity index (χ2n) is 4.01. The molecule has 0 bridgehead atoms. The largest absolute Gasteiger partial charge is 0.397 e. The van der Waals surface area contributed by atoms with Crippen molar-refractivity contribution in [1.82, 2.24) is 10.2 Å². The van der Waals surface area contributed by atoms with Crippen LogP contribution in [0.5, 0.6) is 0 Å². The average molecular weight is 239 g/mol. The lowest BCUT2D eigenvalue weighted by molar-refractivity contribution is 0.0954. The van der Waals surface area contributed by atoms with Crippen molar-refractivity contribution < 1.29 is 4.79 Å². The number of anilines is 1. The van der Waals surface area contributed by atoms with Crippen LogP contribution in [0.2, 0.25) is 0 Å². The van der Waals surface area contributed by atoms with Crippen LogP contribution in [0.1, 0.15) is 22.5 Å². The lowest BCUT2D eigenvalue weighted by atomic mass is 10.4. The Kier molecular flexibility index (Phi) is 3.79. The van der Waals surface area contributed by atoms with Gasteiger partial charge in [-0.1, -0.05) is 0 Å². The smallest absolute Gasteiger partial charge is 0.263 e. The van der Waals surface area contributed by atoms with Crippen molar-refractivity contribution in [2.24, 2.45) is 0 Å². The number of carbonyl (C=O) groups is 1. The Labute approximate surface area is 99.4 Å². The molecule has 0 unspecified atom stereocenters. The fraction of sp³-hybridized carbons (Fsp3) is 0.545. The summed E-state index contributed by atoms with van der Waals surface area (Å²) in [7, 11) is 0. The lowest BCUT2D eigenvalue weighted by Crippen LogP contribution is -2.33. The summed E-state index contributed by atoms with van der Waals surface area (Å²) in [5, 5.41) is 4.74. The normalized spacial score (nSPS) is 16.5. The summed E-state index contributed by atoms with van der Waals surface area (Å²) in [5.41, 5.74) is 6.25. The summed E-state index contributed by atoms with van der Waals surface area (Å²) in [6.07, 6.45) is 2.57. The predicted octanol–water partition coefficient (Wildman–Crippen LogP) is 1.16. The first-order chi connectivity index (χ1) is 7.77. The Morgan fingerprint density at radius 2 is 2.25 bits per heavy atom. The number of nitrogen functional groups attached to an aromatic ring is 1. The van der Waals surface area contributed by atoms with Crippen LogP contribution in [0.25, 0.3) is 0 Å². The van der Waals surface area contributed by atoms with E-state index in [9.17, 15) is 4.79 Å². The third kappa shape index (κ3) is 2.74. The number of nitrogens with one attached hydrogen (secondary N) is 1. The van der Waals surface area contributed by atoms with Crippen LogP contribution in [0.4, 0.5) is 5.69 Å². The van der Waals surface area contributed by atoms with Crippen molar-refractivity contribution in [2.45, 2.75) is 12.8 Å². The monoisotopic (exact) mass is 239 g/mol. The van der Waals surface area contributed by atoms with Crippen LogP contribution in [0.15, 0.2) is 11.4 Å². The molecule has 1 amide bonds. The minimum atomic E-state index is -0.0494. The summed E-state index contributed by atoms with van der Waals surface area (Å²) in [6, 6.07) is 1.76. The van der Waals surface area contributed by atoms with Gasteiger partial charge in [0.15, 0.2) is 0 Å². The Hall–Kier alpha value is -1.07. The maximum absolute atomic E-state index is 11.7. The van der Waals surface area contributed by atoms with E-state index in [2.05, 4.69) is 10.2 Å². The van der Waals surface area contributed by atoms with E-state index < -0.39 is 0 Å². The summed E-state index contributed by atoms with van der Waals surface area (Å²) >= 11 is 1.39. The molecule has 0 spiro atoms. The van der Waals surface area contributed by atoms with Gasteiger partial charge < -0.3 is 16.0 Å². The summed E-state index contributed by atoms with van der Waals surface area (Å²) < 4.78 is 0. The first-order valence-corrected chi connectivity index (χ1v) is 6.49. The summed E-state index contributed by atoms with van der Waals surface area (Å²) in [5.74, 6) is -0.0494. The Morgan fingerprint density at radius 3 is 2.88 bits per heavy atom. The molecule has 1 saturated heterocycles. The molecule has 0 radical (unpaired) electrons. The van der Waals surface area contributed by atoms with Gasteiger partial charge in [0.05, 0.1) is 5.69 Å². The van der Waals surface area contributed by atoms with Gasteiger partial charge in [-0.2, -0.15) is 0 Å². The first-order valence-electron chi connectivity index (χ1n) is 5.61. The van der Waals surface area contributed by atoms with Crippen molar-refractivity contribution in [3.63, 3.8) is 0 Å². The third-order valence-corrected chi connectivity index (χ3v) is 3.74. The highest BCUT2D eigenvalue weighted by Gasteiger charge is 2.13. The maximum Gasteiger partial charge on any atom is 0.263 e. The average Bonchev–Trinajstić information content (AvgIpc) is 2.88. The van der Waals surface area contributed by atoms with E-state index >= 15 is 0 Å². The van der Waals surface area contributed by atoms with Gasteiger partial charge >= 0.3 is 0 Å². The Morgan fingerprint density at radius 1 is 1.50 bits per heavy atom. The highest BCUT2D eigenvalue weighted by Crippen LogP contribution is 2.18. The number of hydrogen-bond acceptors (Lipinski definition) is 4. The van der Waals surface area contributed by atoms with Crippen LogP contribution in [0.3, 0.4) is 0 Å². The van der Waals surface area contributed by atoms with Crippen LogP contribution in [-0.2, 0) is 0 Å². The quantitative estimate of drug-likeness (QED) is 0.829. The van der Waals surface area contributed by atoms with E-state index in [4.69, 9.17) is 5.73 Å². The Balaban J connectivity index is 1.73. The van der Waals surface area contributed by atoms with Crippen molar-refractivity contribution >= 4 is 22.9 Å². The number of amides is 1. The fourth-order valence-electron chi connectivity index (χ4n) is 1.92. The van der Waals surface area contributed by atoms with E-state index in [1.165, 1.54) is 24.2 Å². The minimum Gasteiger partial charge on any atom is -0.397 e. The maximum atomic E-state index is 11.7. The molecule has 2 rings (SSSR count). The van der Waals surface area contributed by atoms with E-state index in [0.717, 1.165) is 19.6 Å². The van der Waals surface area contributed by atoms with Gasteiger partial charge in [0.2, 0.25) is 0 Å². The SMILES string of the molecule is Nc1ccsc1C(=O)NCCN1CCCC1. The molecule has 1 aromatic heterocycles. The van der Waals surface area contributed by atoms with E-state index in [1.54, 1.807) is 6.07 Å². The van der Waals surface area contributed by atoms with Crippen molar-refractivity contribution in [3.05, 3.63) is 16.3 Å². The van der Waals surface area contributed by atoms with Gasteiger partial charge in [0.1, 0.15) is 4.88 Å². The van der Waals surface area contributed by atoms with Crippen LogP contribution < -0.4 is 11.1 Å². The van der Waals surface area contributed by atoms with E-state index in [0.29, 0.717) is 17.1 Å². The van der Waals surface area contributed by atoms with Gasteiger partial charge in [-0.05, 0) is 37.4 Å². The fourth-order valence-corrected chi connectivity index (χ4v) is 2.65. The molecule has 0 aliphatic carbocycles. The van der Waals surface area contributed by atoms with Gasteiger partial charge in [-0.15, -0.1) is 11.3 Å². The standard InChI is InChI=1S/C11H17N3OS/c12-9-3-8-16-10(9)11(15)13-4-7-14-5-1-2-6-14/h3,8H,1-2,4-7,12H2,(H,13,15). The molecule has 88 valence electrons. The Bertz CT molecular complexity index is 358. The van der Waals surface area contributed by atoms with Crippen LogP contribution in [-0.4, -0.2) is 37.0 Å². The highest BCUT2D eigenvalue weighted by molar-refractivity contribution is 7.12. The number of nitrogens with zero attached hydrogens (tertiary/aromatic N) is 1. The molecule has 1 aromatic rings. The number of thiophene rings is 1.